The van der Waals surface area contributed by atoms with Crippen LogP contribution < -0.4 is 0 Å². The third kappa shape index (κ3) is 4.69. The number of hydrogen-bond donors (Lipinski definition) is 0. The van der Waals surface area contributed by atoms with Crippen LogP contribution >= 0.6 is 0 Å². The molecule has 0 aliphatic heterocycles. The Kier molecular flexibility index (Phi) is 6.09. The Morgan fingerprint density at radius 3 is 2.27 bits per heavy atom. The van der Waals surface area contributed by atoms with Crippen molar-refractivity contribution in [2.45, 2.75) is 19.4 Å². The summed E-state index contributed by atoms with van der Waals surface area (Å²) in [5.41, 5.74) is 5.88. The van der Waals surface area contributed by atoms with Gasteiger partial charge < -0.3 is 9.30 Å². The quantitative estimate of drug-likeness (QED) is 0.289. The van der Waals surface area contributed by atoms with Crippen LogP contribution in [0.1, 0.15) is 22.4 Å². The lowest BCUT2D eigenvalue weighted by molar-refractivity contribution is -0.141. The van der Waals surface area contributed by atoms with E-state index in [2.05, 4.69) is 77.9 Å². The molecular weight excluding hydrogens is 370 g/mol. The monoisotopic (exact) mass is 395 g/mol. The Hall–Kier alpha value is -3.59. The van der Waals surface area contributed by atoms with E-state index in [1.54, 1.807) is 6.08 Å². The highest BCUT2D eigenvalue weighted by Gasteiger charge is 2.12. The second-order valence-electron chi connectivity index (χ2n) is 7.41. The number of ether oxygens (including phenoxy) is 1. The largest absolute Gasteiger partial charge is 0.461 e. The number of aromatic nitrogens is 1. The summed E-state index contributed by atoms with van der Waals surface area (Å²) >= 11 is 0. The van der Waals surface area contributed by atoms with Crippen LogP contribution in [0.2, 0.25) is 0 Å². The second-order valence-corrected chi connectivity index (χ2v) is 7.41. The minimum atomic E-state index is -0.236. The molecule has 0 fully saturated rings. The van der Waals surface area contributed by atoms with Gasteiger partial charge in [-0.15, -0.1) is 0 Å². The summed E-state index contributed by atoms with van der Waals surface area (Å²) < 4.78 is 7.51. The van der Waals surface area contributed by atoms with Gasteiger partial charge in [0.25, 0.3) is 0 Å². The number of benzene rings is 3. The van der Waals surface area contributed by atoms with Crippen molar-refractivity contribution in [1.82, 2.24) is 4.57 Å². The molecule has 4 aromatic rings. The third-order valence-corrected chi connectivity index (χ3v) is 5.18. The standard InChI is InChI=1S/C27H25NO2/c1-2-15-30-27(29)18-23-13-14-24-19-25(16-21-9-5-3-6-10-21)28(26(24)17-23)20-22-11-7-4-8-12-22/h2-14,17,19H,1,15-16,18,20H2. The Labute approximate surface area is 177 Å². The molecular formula is C27H25NO2. The minimum Gasteiger partial charge on any atom is -0.461 e. The van der Waals surface area contributed by atoms with Crippen molar-refractivity contribution < 1.29 is 9.53 Å². The van der Waals surface area contributed by atoms with Crippen molar-refractivity contribution in [2.24, 2.45) is 0 Å². The summed E-state index contributed by atoms with van der Waals surface area (Å²) in [4.78, 5) is 12.1. The van der Waals surface area contributed by atoms with Crippen LogP contribution in [0, 0.1) is 0 Å². The maximum Gasteiger partial charge on any atom is 0.310 e. The van der Waals surface area contributed by atoms with Gasteiger partial charge in [0.15, 0.2) is 0 Å². The van der Waals surface area contributed by atoms with Crippen molar-refractivity contribution in [3.63, 3.8) is 0 Å². The van der Waals surface area contributed by atoms with Crippen molar-refractivity contribution >= 4 is 16.9 Å². The fourth-order valence-corrected chi connectivity index (χ4v) is 3.74. The third-order valence-electron chi connectivity index (χ3n) is 5.18. The van der Waals surface area contributed by atoms with Crippen molar-refractivity contribution in [3.8, 4) is 0 Å². The van der Waals surface area contributed by atoms with Crippen molar-refractivity contribution in [3.05, 3.63) is 120 Å². The maximum atomic E-state index is 12.1. The van der Waals surface area contributed by atoms with Gasteiger partial charge in [0.1, 0.15) is 6.61 Å². The molecule has 150 valence electrons. The van der Waals surface area contributed by atoms with Crippen LogP contribution in [0.4, 0.5) is 0 Å². The van der Waals surface area contributed by atoms with Crippen LogP contribution in [-0.2, 0) is 28.9 Å². The van der Waals surface area contributed by atoms with Crippen LogP contribution in [0.5, 0.6) is 0 Å². The smallest absolute Gasteiger partial charge is 0.310 e. The zero-order chi connectivity index (χ0) is 20.8. The first-order valence-electron chi connectivity index (χ1n) is 10.2. The molecule has 0 saturated heterocycles. The molecule has 1 heterocycles. The first-order chi connectivity index (χ1) is 14.7. The molecule has 0 aliphatic carbocycles. The number of hydrogen-bond acceptors (Lipinski definition) is 2. The summed E-state index contributed by atoms with van der Waals surface area (Å²) in [5.74, 6) is -0.236. The average molecular weight is 396 g/mol. The van der Waals surface area contributed by atoms with Crippen molar-refractivity contribution in [2.75, 3.05) is 6.61 Å². The molecule has 0 spiro atoms. The van der Waals surface area contributed by atoms with Gasteiger partial charge in [-0.3, -0.25) is 4.79 Å². The lowest BCUT2D eigenvalue weighted by Crippen LogP contribution is -2.08. The van der Waals surface area contributed by atoms with Gasteiger partial charge in [-0.05, 0) is 34.2 Å². The van der Waals surface area contributed by atoms with Gasteiger partial charge in [-0.25, -0.2) is 0 Å². The minimum absolute atomic E-state index is 0.236. The lowest BCUT2D eigenvalue weighted by Gasteiger charge is -2.12. The molecule has 4 rings (SSSR count). The summed E-state index contributed by atoms with van der Waals surface area (Å²) in [6, 6.07) is 29.5. The van der Waals surface area contributed by atoms with E-state index >= 15 is 0 Å². The van der Waals surface area contributed by atoms with E-state index in [1.807, 2.05) is 18.2 Å². The Morgan fingerprint density at radius 2 is 1.57 bits per heavy atom. The SMILES string of the molecule is C=CCOC(=O)Cc1ccc2cc(Cc3ccccc3)n(Cc3ccccc3)c2c1. The van der Waals surface area contributed by atoms with Gasteiger partial charge >= 0.3 is 5.97 Å². The summed E-state index contributed by atoms with van der Waals surface area (Å²) in [5, 5.41) is 1.18. The predicted octanol–water partition coefficient (Wildman–Crippen LogP) is 5.55. The number of fused-ring (bicyclic) bond motifs is 1. The average Bonchev–Trinajstić information content (AvgIpc) is 3.10. The van der Waals surface area contributed by atoms with Gasteiger partial charge in [0.05, 0.1) is 6.42 Å². The summed E-state index contributed by atoms with van der Waals surface area (Å²) in [7, 11) is 0. The topological polar surface area (TPSA) is 31.2 Å². The van der Waals surface area contributed by atoms with Crippen LogP contribution in [0.25, 0.3) is 10.9 Å². The fourth-order valence-electron chi connectivity index (χ4n) is 3.74. The predicted molar refractivity (Wildman–Crippen MR) is 122 cm³/mol. The van der Waals surface area contributed by atoms with Gasteiger partial charge in [0.2, 0.25) is 0 Å². The highest BCUT2D eigenvalue weighted by Crippen LogP contribution is 2.25. The van der Waals surface area contributed by atoms with Crippen LogP contribution in [0.15, 0.2) is 97.6 Å². The van der Waals surface area contributed by atoms with E-state index in [4.69, 9.17) is 4.74 Å². The molecule has 0 amide bonds. The second kappa shape index (κ2) is 9.27. The molecule has 0 saturated carbocycles. The summed E-state index contributed by atoms with van der Waals surface area (Å²) in [6.45, 7) is 4.62. The van der Waals surface area contributed by atoms with Crippen LogP contribution in [0.3, 0.4) is 0 Å². The molecule has 1 aromatic heterocycles. The molecule has 3 nitrogen and oxygen atoms in total. The Morgan fingerprint density at radius 1 is 0.867 bits per heavy atom. The van der Waals surface area contributed by atoms with Gasteiger partial charge in [-0.2, -0.15) is 0 Å². The molecule has 0 N–H and O–H groups in total. The van der Waals surface area contributed by atoms with Crippen molar-refractivity contribution in [1.29, 1.82) is 0 Å². The zero-order valence-electron chi connectivity index (χ0n) is 17.0. The van der Waals surface area contributed by atoms with E-state index in [0.717, 1.165) is 24.0 Å². The zero-order valence-corrected chi connectivity index (χ0v) is 17.0. The normalized spacial score (nSPS) is 10.8. The Bertz CT molecular complexity index is 1140. The molecule has 3 heteroatoms. The molecule has 0 unspecified atom stereocenters. The fraction of sp³-hybridized carbons (Fsp3) is 0.148. The number of rotatable bonds is 8. The van der Waals surface area contributed by atoms with E-state index in [0.29, 0.717) is 0 Å². The van der Waals surface area contributed by atoms with E-state index in [9.17, 15) is 4.79 Å². The van der Waals surface area contributed by atoms with E-state index in [1.165, 1.54) is 22.2 Å². The van der Waals surface area contributed by atoms with Crippen LogP contribution in [-0.4, -0.2) is 17.1 Å². The van der Waals surface area contributed by atoms with Gasteiger partial charge in [0, 0.05) is 24.2 Å². The molecule has 0 radical (unpaired) electrons. The number of nitrogens with zero attached hydrogens (tertiary/aromatic N) is 1. The molecule has 30 heavy (non-hydrogen) atoms. The highest BCUT2D eigenvalue weighted by atomic mass is 16.5. The molecule has 3 aromatic carbocycles. The highest BCUT2D eigenvalue weighted by molar-refractivity contribution is 5.84. The van der Waals surface area contributed by atoms with E-state index in [-0.39, 0.29) is 19.0 Å². The van der Waals surface area contributed by atoms with Gasteiger partial charge in [-0.1, -0.05) is 85.5 Å². The maximum absolute atomic E-state index is 12.1. The molecule has 0 atom stereocenters. The van der Waals surface area contributed by atoms with E-state index < -0.39 is 0 Å². The number of esters is 1. The first kappa shape index (κ1) is 19.7. The number of carbonyl (C=O) groups excluding carboxylic acids is 1. The lowest BCUT2D eigenvalue weighted by atomic mass is 10.1. The molecule has 0 bridgehead atoms. The number of carbonyl (C=O) groups is 1. The molecule has 0 aliphatic rings. The first-order valence-corrected chi connectivity index (χ1v) is 10.2. The summed E-state index contributed by atoms with van der Waals surface area (Å²) in [6.07, 6.45) is 2.70. The Balaban J connectivity index is 1.71.